The van der Waals surface area contributed by atoms with E-state index in [1.54, 1.807) is 11.5 Å². The molecule has 6 nitrogen and oxygen atoms in total. The summed E-state index contributed by atoms with van der Waals surface area (Å²) in [5.74, 6) is 0.412. The highest BCUT2D eigenvalue weighted by Crippen LogP contribution is 2.27. The molecule has 0 bridgehead atoms. The highest BCUT2D eigenvalue weighted by atomic mass is 32.2. The maximum Gasteiger partial charge on any atom is 0.269 e. The third kappa shape index (κ3) is 4.10. The normalized spacial score (nSPS) is 10.8. The molecule has 0 aliphatic carbocycles. The van der Waals surface area contributed by atoms with E-state index in [0.717, 1.165) is 6.42 Å². The molecule has 0 saturated carbocycles. The van der Waals surface area contributed by atoms with Crippen LogP contribution in [0.15, 0.2) is 64.4 Å². The van der Waals surface area contributed by atoms with Crippen LogP contribution in [0.4, 0.5) is 5.95 Å². The second kappa shape index (κ2) is 9.25. The zero-order chi connectivity index (χ0) is 22.7. The SMILES string of the molecule is CSc1nc(C)c2c(=O)n(-c3ccccc3)c(NCCc3ccc(C)cc3)nc2c1C#N. The summed E-state index contributed by atoms with van der Waals surface area (Å²) >= 11 is 1.37. The van der Waals surface area contributed by atoms with Gasteiger partial charge in [0.25, 0.3) is 5.56 Å². The van der Waals surface area contributed by atoms with Crippen molar-refractivity contribution in [3.05, 3.63) is 87.3 Å². The molecular formula is C25H23N5OS. The number of pyridine rings is 1. The number of para-hydroxylation sites is 1. The number of thioether (sulfide) groups is 1. The Morgan fingerprint density at radius 2 is 1.78 bits per heavy atom. The highest BCUT2D eigenvalue weighted by Gasteiger charge is 2.20. The van der Waals surface area contributed by atoms with Gasteiger partial charge in [0, 0.05) is 6.54 Å². The molecule has 0 amide bonds. The number of aromatic nitrogens is 3. The minimum atomic E-state index is -0.242. The number of hydrogen-bond acceptors (Lipinski definition) is 6. The van der Waals surface area contributed by atoms with Gasteiger partial charge in [0.05, 0.1) is 16.8 Å². The van der Waals surface area contributed by atoms with E-state index in [-0.39, 0.29) is 5.56 Å². The van der Waals surface area contributed by atoms with Gasteiger partial charge in [-0.05, 0) is 44.2 Å². The van der Waals surface area contributed by atoms with Crippen LogP contribution in [-0.4, -0.2) is 27.3 Å². The van der Waals surface area contributed by atoms with Crippen LogP contribution in [-0.2, 0) is 6.42 Å². The Bertz CT molecular complexity index is 1370. The first-order valence-electron chi connectivity index (χ1n) is 10.3. The predicted octanol–water partition coefficient (Wildman–Crippen LogP) is 4.65. The molecule has 1 N–H and O–H groups in total. The summed E-state index contributed by atoms with van der Waals surface area (Å²) in [7, 11) is 0. The standard InChI is InChI=1S/C25H23N5OS/c1-16-9-11-18(12-10-16)13-14-27-25-29-22-20(15-26)23(32-3)28-17(2)21(22)24(31)30(25)19-7-5-4-6-8-19/h4-12H,13-14H2,1-3H3,(H,27,29). The molecule has 0 fully saturated rings. The van der Waals surface area contributed by atoms with Gasteiger partial charge in [-0.2, -0.15) is 5.26 Å². The lowest BCUT2D eigenvalue weighted by Gasteiger charge is -2.16. The van der Waals surface area contributed by atoms with Gasteiger partial charge in [0.1, 0.15) is 22.2 Å². The van der Waals surface area contributed by atoms with E-state index in [2.05, 4.69) is 47.6 Å². The maximum absolute atomic E-state index is 13.6. The van der Waals surface area contributed by atoms with Gasteiger partial charge in [-0.25, -0.2) is 14.5 Å². The van der Waals surface area contributed by atoms with Crippen molar-refractivity contribution in [1.82, 2.24) is 14.5 Å². The molecule has 2 heterocycles. The van der Waals surface area contributed by atoms with Crippen molar-refractivity contribution < 1.29 is 0 Å². The number of hydrogen-bond donors (Lipinski definition) is 1. The van der Waals surface area contributed by atoms with Gasteiger partial charge < -0.3 is 5.32 Å². The van der Waals surface area contributed by atoms with Gasteiger partial charge in [-0.15, -0.1) is 11.8 Å². The fourth-order valence-corrected chi connectivity index (χ4v) is 4.23. The van der Waals surface area contributed by atoms with Gasteiger partial charge in [-0.1, -0.05) is 48.0 Å². The molecule has 2 aromatic carbocycles. The third-order valence-corrected chi connectivity index (χ3v) is 5.98. The van der Waals surface area contributed by atoms with Crippen LogP contribution in [0, 0.1) is 25.2 Å². The molecule has 0 atom stereocenters. The van der Waals surface area contributed by atoms with Crippen LogP contribution >= 0.6 is 11.8 Å². The Morgan fingerprint density at radius 1 is 1.06 bits per heavy atom. The van der Waals surface area contributed by atoms with Crippen molar-refractivity contribution in [2.45, 2.75) is 25.3 Å². The lowest BCUT2D eigenvalue weighted by molar-refractivity contribution is 0.912. The number of rotatable bonds is 6. The number of nitrogens with one attached hydrogen (secondary N) is 1. The van der Waals surface area contributed by atoms with Crippen LogP contribution in [0.2, 0.25) is 0 Å². The average molecular weight is 442 g/mol. The summed E-state index contributed by atoms with van der Waals surface area (Å²) in [6.07, 6.45) is 2.64. The first kappa shape index (κ1) is 21.6. The summed E-state index contributed by atoms with van der Waals surface area (Å²) < 4.78 is 1.56. The van der Waals surface area contributed by atoms with E-state index >= 15 is 0 Å². The lowest BCUT2D eigenvalue weighted by Crippen LogP contribution is -2.26. The van der Waals surface area contributed by atoms with Crippen LogP contribution in [0.5, 0.6) is 0 Å². The molecule has 4 rings (SSSR count). The Hall–Kier alpha value is -3.63. The minimum absolute atomic E-state index is 0.242. The lowest BCUT2D eigenvalue weighted by atomic mass is 10.1. The van der Waals surface area contributed by atoms with Crippen molar-refractivity contribution in [3.63, 3.8) is 0 Å². The smallest absolute Gasteiger partial charge is 0.269 e. The zero-order valence-corrected chi connectivity index (χ0v) is 19.0. The minimum Gasteiger partial charge on any atom is -0.355 e. The van der Waals surface area contributed by atoms with Crippen molar-refractivity contribution in [2.75, 3.05) is 18.1 Å². The van der Waals surface area contributed by atoms with Gasteiger partial charge >= 0.3 is 0 Å². The molecule has 2 aromatic heterocycles. The molecule has 7 heteroatoms. The second-order valence-electron chi connectivity index (χ2n) is 7.49. The van der Waals surface area contributed by atoms with Crippen LogP contribution in [0.25, 0.3) is 16.6 Å². The molecule has 0 aliphatic rings. The largest absolute Gasteiger partial charge is 0.355 e. The molecule has 0 saturated heterocycles. The molecule has 0 spiro atoms. The number of aryl methyl sites for hydroxylation is 2. The fraction of sp³-hybridized carbons (Fsp3) is 0.200. The van der Waals surface area contributed by atoms with Crippen LogP contribution in [0.3, 0.4) is 0 Å². The van der Waals surface area contributed by atoms with E-state index in [1.165, 1.54) is 22.9 Å². The molecule has 32 heavy (non-hydrogen) atoms. The highest BCUT2D eigenvalue weighted by molar-refractivity contribution is 7.98. The first-order valence-corrected chi connectivity index (χ1v) is 11.5. The van der Waals surface area contributed by atoms with Crippen molar-refractivity contribution in [2.24, 2.45) is 0 Å². The van der Waals surface area contributed by atoms with Gasteiger partial charge in [-0.3, -0.25) is 4.79 Å². The van der Waals surface area contributed by atoms with E-state index in [4.69, 9.17) is 4.98 Å². The van der Waals surface area contributed by atoms with Crippen molar-refractivity contribution in [1.29, 1.82) is 5.26 Å². The molecule has 0 aliphatic heterocycles. The average Bonchev–Trinajstić information content (AvgIpc) is 2.80. The van der Waals surface area contributed by atoms with Crippen LogP contribution < -0.4 is 10.9 Å². The zero-order valence-electron chi connectivity index (χ0n) is 18.2. The number of nitriles is 1. The van der Waals surface area contributed by atoms with Crippen LogP contribution in [0.1, 0.15) is 22.4 Å². The van der Waals surface area contributed by atoms with Crippen molar-refractivity contribution >= 4 is 28.6 Å². The Kier molecular flexibility index (Phi) is 6.24. The fourth-order valence-electron chi connectivity index (χ4n) is 3.65. The second-order valence-corrected chi connectivity index (χ2v) is 8.29. The summed E-state index contributed by atoms with van der Waals surface area (Å²) in [6, 6.07) is 20.0. The summed E-state index contributed by atoms with van der Waals surface area (Å²) in [5, 5.41) is 14.1. The van der Waals surface area contributed by atoms with E-state index in [9.17, 15) is 10.1 Å². The van der Waals surface area contributed by atoms with E-state index in [1.807, 2.05) is 36.6 Å². The third-order valence-electron chi connectivity index (χ3n) is 5.30. The van der Waals surface area contributed by atoms with Crippen molar-refractivity contribution in [3.8, 4) is 11.8 Å². The molecule has 0 unspecified atom stereocenters. The number of nitrogens with zero attached hydrogens (tertiary/aromatic N) is 4. The van der Waals surface area contributed by atoms with E-state index < -0.39 is 0 Å². The monoisotopic (exact) mass is 441 g/mol. The Labute approximate surface area is 191 Å². The predicted molar refractivity (Wildman–Crippen MR) is 130 cm³/mol. The topological polar surface area (TPSA) is 83.6 Å². The van der Waals surface area contributed by atoms with Gasteiger partial charge in [0.15, 0.2) is 0 Å². The Morgan fingerprint density at radius 3 is 2.44 bits per heavy atom. The summed E-state index contributed by atoms with van der Waals surface area (Å²) in [6.45, 7) is 4.44. The molecule has 4 aromatic rings. The number of fused-ring (bicyclic) bond motifs is 1. The summed E-state index contributed by atoms with van der Waals surface area (Å²) in [5.41, 5.74) is 4.16. The maximum atomic E-state index is 13.6. The molecule has 0 radical (unpaired) electrons. The number of anilines is 1. The van der Waals surface area contributed by atoms with Gasteiger partial charge in [0.2, 0.25) is 5.95 Å². The molecule has 160 valence electrons. The van der Waals surface area contributed by atoms with E-state index in [0.29, 0.717) is 45.4 Å². The summed E-state index contributed by atoms with van der Waals surface area (Å²) in [4.78, 5) is 22.9. The molecular weight excluding hydrogens is 418 g/mol. The Balaban J connectivity index is 1.86. The quantitative estimate of drug-likeness (QED) is 0.439. The first-order chi connectivity index (χ1) is 15.5. The number of benzene rings is 2.